The van der Waals surface area contributed by atoms with E-state index >= 15 is 0 Å². The third-order valence-electron chi connectivity index (χ3n) is 1.94. The van der Waals surface area contributed by atoms with Gasteiger partial charge in [0.25, 0.3) is 11.0 Å². The number of rotatable bonds is 6. The maximum atomic E-state index is 11.7. The summed E-state index contributed by atoms with van der Waals surface area (Å²) in [5, 5.41) is 11.4. The number of ether oxygens (including phenoxy) is 1. The average Bonchev–Trinajstić information content (AvgIpc) is 2.33. The first-order valence-corrected chi connectivity index (χ1v) is 5.33. The van der Waals surface area contributed by atoms with Crippen LogP contribution in [-0.4, -0.2) is 30.1 Å². The summed E-state index contributed by atoms with van der Waals surface area (Å²) in [6.07, 6.45) is 0. The molecule has 0 aromatic heterocycles. The molecule has 0 heterocycles. The molecule has 8 nitrogen and oxygen atoms in total. The molecule has 1 amide bonds. The maximum absolute atomic E-state index is 11.7. The predicted octanol–water partition coefficient (Wildman–Crippen LogP) is 0.550. The van der Waals surface area contributed by atoms with Gasteiger partial charge < -0.3 is 14.9 Å². The van der Waals surface area contributed by atoms with Crippen molar-refractivity contribution in [1.82, 2.24) is 5.32 Å². The van der Waals surface area contributed by atoms with Crippen molar-refractivity contribution in [3.8, 4) is 5.75 Å². The molecule has 0 saturated heterocycles. The van der Waals surface area contributed by atoms with Gasteiger partial charge in [-0.1, -0.05) is 6.07 Å². The Hall–Kier alpha value is -2.64. The molecule has 0 aliphatic rings. The van der Waals surface area contributed by atoms with Gasteiger partial charge in [-0.05, 0) is 18.2 Å². The van der Waals surface area contributed by atoms with Crippen LogP contribution in [-0.2, 0) is 9.63 Å². The lowest BCUT2D eigenvalue weighted by molar-refractivity contribution is -0.757. The summed E-state index contributed by atoms with van der Waals surface area (Å²) < 4.78 is 4.83. The summed E-state index contributed by atoms with van der Waals surface area (Å²) in [5.41, 5.74) is 0.278. The first kappa shape index (κ1) is 14.4. The minimum absolute atomic E-state index is 0.00237. The van der Waals surface area contributed by atoms with E-state index in [4.69, 9.17) is 4.74 Å². The van der Waals surface area contributed by atoms with Crippen molar-refractivity contribution in [2.75, 3.05) is 13.2 Å². The fraction of sp³-hybridized carbons (Fsp3) is 0.273. The highest BCUT2D eigenvalue weighted by Gasteiger charge is 2.07. The first-order chi connectivity index (χ1) is 8.99. The Morgan fingerprint density at radius 1 is 1.42 bits per heavy atom. The minimum Gasteiger partial charge on any atom is -0.427 e. The molecule has 0 atom stereocenters. The maximum Gasteiger partial charge on any atom is 0.308 e. The van der Waals surface area contributed by atoms with Crippen molar-refractivity contribution < 1.29 is 24.3 Å². The van der Waals surface area contributed by atoms with Crippen molar-refractivity contribution in [1.29, 1.82) is 0 Å². The van der Waals surface area contributed by atoms with Crippen LogP contribution in [0.25, 0.3) is 0 Å². The first-order valence-electron chi connectivity index (χ1n) is 5.33. The topological polar surface area (TPSA) is 108 Å². The number of carbonyl (C=O) groups is 2. The Labute approximate surface area is 108 Å². The molecule has 0 unspecified atom stereocenters. The lowest BCUT2D eigenvalue weighted by atomic mass is 10.2. The van der Waals surface area contributed by atoms with E-state index in [0.717, 1.165) is 0 Å². The number of carbonyl (C=O) groups excluding carboxylic acids is 2. The molecule has 0 aliphatic carbocycles. The van der Waals surface area contributed by atoms with Crippen LogP contribution >= 0.6 is 0 Å². The van der Waals surface area contributed by atoms with Crippen LogP contribution in [0.3, 0.4) is 0 Å². The number of benzene rings is 1. The summed E-state index contributed by atoms with van der Waals surface area (Å²) in [4.78, 5) is 36.3. The monoisotopic (exact) mass is 268 g/mol. The molecular weight excluding hydrogens is 256 g/mol. The third kappa shape index (κ3) is 5.48. The van der Waals surface area contributed by atoms with E-state index in [9.17, 15) is 19.7 Å². The second-order valence-electron chi connectivity index (χ2n) is 3.43. The summed E-state index contributed by atoms with van der Waals surface area (Å²) in [7, 11) is 0. The highest BCUT2D eigenvalue weighted by molar-refractivity contribution is 5.94. The number of nitrogens with zero attached hydrogens (tertiary/aromatic N) is 1. The standard InChI is InChI=1S/C11H12N2O6/c1-8(14)19-10-4-2-3-9(7-10)11(15)12-5-6-18-13(16)17/h2-4,7H,5-6H2,1H3,(H,12,15). The molecule has 8 heteroatoms. The molecule has 0 saturated carbocycles. The molecule has 1 rings (SSSR count). The quantitative estimate of drug-likeness (QED) is 0.265. The van der Waals surface area contributed by atoms with Gasteiger partial charge in [-0.25, -0.2) is 0 Å². The molecule has 1 N–H and O–H groups in total. The molecule has 0 fully saturated rings. The van der Waals surface area contributed by atoms with Crippen molar-refractivity contribution in [2.45, 2.75) is 6.92 Å². The van der Waals surface area contributed by atoms with E-state index < -0.39 is 17.0 Å². The fourth-order valence-electron chi connectivity index (χ4n) is 1.25. The van der Waals surface area contributed by atoms with E-state index in [1.807, 2.05) is 0 Å². The Bertz CT molecular complexity index is 488. The summed E-state index contributed by atoms with van der Waals surface area (Å²) in [5.74, 6) is -0.681. The van der Waals surface area contributed by atoms with Crippen LogP contribution in [0.1, 0.15) is 17.3 Å². The molecule has 0 aliphatic heterocycles. The molecule has 1 aromatic carbocycles. The lowest BCUT2D eigenvalue weighted by Gasteiger charge is -2.06. The van der Waals surface area contributed by atoms with Crippen LogP contribution in [0.4, 0.5) is 0 Å². The number of hydrogen-bond acceptors (Lipinski definition) is 6. The van der Waals surface area contributed by atoms with Crippen LogP contribution in [0.2, 0.25) is 0 Å². The highest BCUT2D eigenvalue weighted by Crippen LogP contribution is 2.13. The Morgan fingerprint density at radius 3 is 2.79 bits per heavy atom. The van der Waals surface area contributed by atoms with Gasteiger partial charge in [-0.15, -0.1) is 10.1 Å². The SMILES string of the molecule is CC(=O)Oc1cccc(C(=O)NCCO[N+](=O)[O-])c1. The predicted molar refractivity (Wildman–Crippen MR) is 63.0 cm³/mol. The van der Waals surface area contributed by atoms with Gasteiger partial charge in [-0.3, -0.25) is 9.59 Å². The second kappa shape index (κ2) is 6.94. The van der Waals surface area contributed by atoms with E-state index in [1.165, 1.54) is 25.1 Å². The van der Waals surface area contributed by atoms with Gasteiger partial charge in [0.15, 0.2) is 0 Å². The van der Waals surface area contributed by atoms with Crippen molar-refractivity contribution in [3.05, 3.63) is 39.9 Å². The molecule has 1 aromatic rings. The van der Waals surface area contributed by atoms with Crippen LogP contribution in [0.15, 0.2) is 24.3 Å². The third-order valence-corrected chi connectivity index (χ3v) is 1.94. The normalized spacial score (nSPS) is 9.53. The van der Waals surface area contributed by atoms with Crippen LogP contribution in [0.5, 0.6) is 5.75 Å². The Kier molecular flexibility index (Phi) is 5.27. The number of amides is 1. The molecule has 102 valence electrons. The number of hydrogen-bond donors (Lipinski definition) is 1. The van der Waals surface area contributed by atoms with Gasteiger partial charge in [-0.2, -0.15) is 0 Å². The van der Waals surface area contributed by atoms with Gasteiger partial charge in [0, 0.05) is 19.0 Å². The van der Waals surface area contributed by atoms with Crippen molar-refractivity contribution >= 4 is 11.9 Å². The second-order valence-corrected chi connectivity index (χ2v) is 3.43. The zero-order chi connectivity index (χ0) is 14.3. The van der Waals surface area contributed by atoms with Gasteiger partial charge in [0.05, 0.1) is 0 Å². The summed E-state index contributed by atoms with van der Waals surface area (Å²) in [6.45, 7) is 1.02. The molecular formula is C11H12N2O6. The number of esters is 1. The molecule has 0 bridgehead atoms. The van der Waals surface area contributed by atoms with Crippen LogP contribution in [0, 0.1) is 10.1 Å². The van der Waals surface area contributed by atoms with E-state index in [0.29, 0.717) is 0 Å². The van der Waals surface area contributed by atoms with E-state index in [-0.39, 0.29) is 24.5 Å². The van der Waals surface area contributed by atoms with Gasteiger partial charge in [0.2, 0.25) is 0 Å². The van der Waals surface area contributed by atoms with Crippen LogP contribution < -0.4 is 10.1 Å². The summed E-state index contributed by atoms with van der Waals surface area (Å²) >= 11 is 0. The number of nitrogens with one attached hydrogen (secondary N) is 1. The van der Waals surface area contributed by atoms with E-state index in [1.54, 1.807) is 6.07 Å². The van der Waals surface area contributed by atoms with Gasteiger partial charge in [0.1, 0.15) is 12.4 Å². The Morgan fingerprint density at radius 2 is 2.16 bits per heavy atom. The highest BCUT2D eigenvalue weighted by atomic mass is 16.9. The molecule has 19 heavy (non-hydrogen) atoms. The van der Waals surface area contributed by atoms with E-state index in [2.05, 4.69) is 10.2 Å². The molecule has 0 spiro atoms. The Balaban J connectivity index is 2.52. The zero-order valence-corrected chi connectivity index (χ0v) is 10.1. The zero-order valence-electron chi connectivity index (χ0n) is 10.1. The van der Waals surface area contributed by atoms with Crippen molar-refractivity contribution in [2.24, 2.45) is 0 Å². The largest absolute Gasteiger partial charge is 0.427 e. The fourth-order valence-corrected chi connectivity index (χ4v) is 1.25. The lowest BCUT2D eigenvalue weighted by Crippen LogP contribution is -2.27. The minimum atomic E-state index is -0.937. The summed E-state index contributed by atoms with van der Waals surface area (Å²) in [6, 6.07) is 6.01. The molecule has 0 radical (unpaired) electrons. The average molecular weight is 268 g/mol. The smallest absolute Gasteiger partial charge is 0.308 e. The van der Waals surface area contributed by atoms with Crippen molar-refractivity contribution in [3.63, 3.8) is 0 Å². The van der Waals surface area contributed by atoms with Gasteiger partial charge >= 0.3 is 5.97 Å².